The Labute approximate surface area is 119 Å². The van der Waals surface area contributed by atoms with Crippen molar-refractivity contribution >= 4 is 17.7 Å². The van der Waals surface area contributed by atoms with Crippen LogP contribution in [-0.4, -0.2) is 29.6 Å². The molecule has 112 valence electrons. The summed E-state index contributed by atoms with van der Waals surface area (Å²) in [5, 5.41) is 9.19. The van der Waals surface area contributed by atoms with E-state index in [0.29, 0.717) is 10.6 Å². The molecule has 1 aromatic rings. The van der Waals surface area contributed by atoms with Crippen molar-refractivity contribution in [2.45, 2.75) is 30.8 Å². The summed E-state index contributed by atoms with van der Waals surface area (Å²) in [6.07, 6.45) is -5.37. The van der Waals surface area contributed by atoms with Gasteiger partial charge in [0.15, 0.2) is 0 Å². The van der Waals surface area contributed by atoms with Gasteiger partial charge in [-0.2, -0.15) is 13.2 Å². The van der Waals surface area contributed by atoms with E-state index in [-0.39, 0.29) is 24.3 Å². The number of ether oxygens (including phenoxy) is 1. The predicted octanol–water partition coefficient (Wildman–Crippen LogP) is 4.22. The quantitative estimate of drug-likeness (QED) is 0.605. The molecule has 0 fully saturated rings. The first-order chi connectivity index (χ1) is 9.35. The number of aromatic carboxylic acids is 1. The van der Waals surface area contributed by atoms with Crippen molar-refractivity contribution in [2.75, 3.05) is 12.4 Å². The van der Waals surface area contributed by atoms with Gasteiger partial charge in [0.05, 0.1) is 6.61 Å². The Morgan fingerprint density at radius 3 is 2.65 bits per heavy atom. The summed E-state index contributed by atoms with van der Waals surface area (Å²) >= 11 is 1.35. The van der Waals surface area contributed by atoms with Gasteiger partial charge in [-0.05, 0) is 24.3 Å². The molecule has 0 aromatic heterocycles. The Balaban J connectivity index is 2.74. The van der Waals surface area contributed by atoms with Crippen molar-refractivity contribution in [1.29, 1.82) is 0 Å². The lowest BCUT2D eigenvalue weighted by Gasteiger charge is -2.12. The Kier molecular flexibility index (Phi) is 6.19. The molecular formula is C13H15F3O3S. The highest BCUT2D eigenvalue weighted by molar-refractivity contribution is 7.99. The molecule has 7 heteroatoms. The van der Waals surface area contributed by atoms with Gasteiger partial charge in [-0.1, -0.05) is 13.0 Å². The fraction of sp³-hybridized carbons (Fsp3) is 0.462. The smallest absolute Gasteiger partial charge is 0.389 e. The topological polar surface area (TPSA) is 46.5 Å². The number of carbonyl (C=O) groups is 1. The summed E-state index contributed by atoms with van der Waals surface area (Å²) in [5.74, 6) is -0.344. The second-order valence-corrected chi connectivity index (χ2v) is 5.24. The van der Waals surface area contributed by atoms with E-state index in [0.717, 1.165) is 0 Å². The second kappa shape index (κ2) is 7.42. The zero-order valence-corrected chi connectivity index (χ0v) is 11.7. The number of hydrogen-bond acceptors (Lipinski definition) is 3. The summed E-state index contributed by atoms with van der Waals surface area (Å²) in [7, 11) is 0. The normalized spacial score (nSPS) is 11.4. The lowest BCUT2D eigenvalue weighted by atomic mass is 10.2. The van der Waals surface area contributed by atoms with Gasteiger partial charge in [0.1, 0.15) is 11.3 Å². The molecule has 0 radical (unpaired) electrons. The first-order valence-electron chi connectivity index (χ1n) is 6.03. The standard InChI is InChI=1S/C13H15F3O3S/c1-2-20-10-6-3-5-9(11(10)12(17)18)19-8-4-7-13(14,15)16/h3,5-6H,2,4,7-8H2,1H3,(H,17,18). The van der Waals surface area contributed by atoms with Crippen LogP contribution in [0.1, 0.15) is 30.1 Å². The van der Waals surface area contributed by atoms with Gasteiger partial charge in [0.25, 0.3) is 0 Å². The average Bonchev–Trinajstić information content (AvgIpc) is 2.33. The molecular weight excluding hydrogens is 293 g/mol. The van der Waals surface area contributed by atoms with Crippen molar-refractivity contribution in [2.24, 2.45) is 0 Å². The van der Waals surface area contributed by atoms with Crippen molar-refractivity contribution in [3.8, 4) is 5.75 Å². The summed E-state index contributed by atoms with van der Waals surface area (Å²) in [6, 6.07) is 4.74. The maximum atomic E-state index is 12.0. The number of halogens is 3. The third-order valence-corrected chi connectivity index (χ3v) is 3.30. The van der Waals surface area contributed by atoms with Crippen molar-refractivity contribution in [1.82, 2.24) is 0 Å². The number of hydrogen-bond donors (Lipinski definition) is 1. The van der Waals surface area contributed by atoms with Crippen LogP contribution in [0.15, 0.2) is 23.1 Å². The molecule has 3 nitrogen and oxygen atoms in total. The number of rotatable bonds is 7. The molecule has 0 bridgehead atoms. The fourth-order valence-corrected chi connectivity index (χ4v) is 2.39. The third-order valence-electron chi connectivity index (χ3n) is 2.36. The Morgan fingerprint density at radius 2 is 2.10 bits per heavy atom. The molecule has 1 aromatic carbocycles. The summed E-state index contributed by atoms with van der Waals surface area (Å²) < 4.78 is 41.2. The van der Waals surface area contributed by atoms with E-state index in [1.54, 1.807) is 12.1 Å². The Morgan fingerprint density at radius 1 is 1.40 bits per heavy atom. The lowest BCUT2D eigenvalue weighted by Crippen LogP contribution is -2.11. The van der Waals surface area contributed by atoms with Crippen LogP contribution < -0.4 is 4.74 Å². The maximum absolute atomic E-state index is 12.0. The fourth-order valence-electron chi connectivity index (χ4n) is 1.57. The van der Waals surface area contributed by atoms with Crippen LogP contribution in [-0.2, 0) is 0 Å². The lowest BCUT2D eigenvalue weighted by molar-refractivity contribution is -0.136. The molecule has 0 spiro atoms. The van der Waals surface area contributed by atoms with Crippen molar-refractivity contribution < 1.29 is 27.8 Å². The molecule has 0 aliphatic rings. The molecule has 20 heavy (non-hydrogen) atoms. The highest BCUT2D eigenvalue weighted by atomic mass is 32.2. The molecule has 1 N–H and O–H groups in total. The minimum absolute atomic E-state index is 0.00589. The van der Waals surface area contributed by atoms with Gasteiger partial charge in [-0.25, -0.2) is 4.79 Å². The second-order valence-electron chi connectivity index (χ2n) is 3.93. The third kappa shape index (κ3) is 5.32. The molecule has 0 aliphatic carbocycles. The molecule has 1 rings (SSSR count). The van der Waals surface area contributed by atoms with Crippen LogP contribution in [0.4, 0.5) is 13.2 Å². The van der Waals surface area contributed by atoms with Gasteiger partial charge in [-0.3, -0.25) is 0 Å². The van der Waals surface area contributed by atoms with Crippen LogP contribution in [0, 0.1) is 0 Å². The van der Waals surface area contributed by atoms with Crippen LogP contribution in [0.5, 0.6) is 5.75 Å². The van der Waals surface area contributed by atoms with E-state index in [1.807, 2.05) is 6.92 Å². The van der Waals surface area contributed by atoms with Gasteiger partial charge in [0.2, 0.25) is 0 Å². The summed E-state index contributed by atoms with van der Waals surface area (Å²) in [5.41, 5.74) is 0.00589. The van der Waals surface area contributed by atoms with Gasteiger partial charge < -0.3 is 9.84 Å². The van der Waals surface area contributed by atoms with Crippen LogP contribution in [0.3, 0.4) is 0 Å². The molecule has 0 amide bonds. The SMILES string of the molecule is CCSc1cccc(OCCCC(F)(F)F)c1C(=O)O. The molecule has 0 atom stereocenters. The van der Waals surface area contributed by atoms with Crippen molar-refractivity contribution in [3.05, 3.63) is 23.8 Å². The largest absolute Gasteiger partial charge is 0.493 e. The average molecular weight is 308 g/mol. The first-order valence-corrected chi connectivity index (χ1v) is 7.02. The zero-order valence-electron chi connectivity index (χ0n) is 10.9. The van der Waals surface area contributed by atoms with E-state index >= 15 is 0 Å². The van der Waals surface area contributed by atoms with Crippen LogP contribution in [0.2, 0.25) is 0 Å². The van der Waals surface area contributed by atoms with Gasteiger partial charge in [0, 0.05) is 11.3 Å². The van der Waals surface area contributed by atoms with Crippen LogP contribution >= 0.6 is 11.8 Å². The molecule has 0 aliphatic heterocycles. The summed E-state index contributed by atoms with van der Waals surface area (Å²) in [4.78, 5) is 11.8. The van der Waals surface area contributed by atoms with E-state index < -0.39 is 18.6 Å². The Hall–Kier alpha value is -1.37. The summed E-state index contributed by atoms with van der Waals surface area (Å²) in [6.45, 7) is 1.72. The first kappa shape index (κ1) is 16.7. The molecule has 0 saturated carbocycles. The van der Waals surface area contributed by atoms with Crippen LogP contribution in [0.25, 0.3) is 0 Å². The number of alkyl halides is 3. The van der Waals surface area contributed by atoms with Gasteiger partial charge >= 0.3 is 12.1 Å². The number of benzene rings is 1. The number of carboxylic acid groups (broad SMARTS) is 1. The van der Waals surface area contributed by atoms with E-state index in [1.165, 1.54) is 17.8 Å². The highest BCUT2D eigenvalue weighted by Gasteiger charge is 2.26. The zero-order chi connectivity index (χ0) is 15.2. The predicted molar refractivity (Wildman–Crippen MR) is 70.6 cm³/mol. The Bertz CT molecular complexity index is 461. The van der Waals surface area contributed by atoms with E-state index in [2.05, 4.69) is 0 Å². The molecule has 0 heterocycles. The maximum Gasteiger partial charge on any atom is 0.389 e. The monoisotopic (exact) mass is 308 g/mol. The molecule has 0 saturated heterocycles. The molecule has 0 unspecified atom stereocenters. The van der Waals surface area contributed by atoms with E-state index in [4.69, 9.17) is 4.74 Å². The highest BCUT2D eigenvalue weighted by Crippen LogP contribution is 2.30. The minimum Gasteiger partial charge on any atom is -0.493 e. The van der Waals surface area contributed by atoms with Crippen molar-refractivity contribution in [3.63, 3.8) is 0 Å². The number of thioether (sulfide) groups is 1. The number of carboxylic acids is 1. The minimum atomic E-state index is -4.22. The van der Waals surface area contributed by atoms with Gasteiger partial charge in [-0.15, -0.1) is 11.8 Å². The van der Waals surface area contributed by atoms with E-state index in [9.17, 15) is 23.1 Å².